The van der Waals surface area contributed by atoms with Gasteiger partial charge in [-0.1, -0.05) is 6.92 Å². The summed E-state index contributed by atoms with van der Waals surface area (Å²) in [6, 6.07) is 0.625. The highest BCUT2D eigenvalue weighted by Crippen LogP contribution is 2.28. The molecule has 1 atom stereocenters. The zero-order valence-electron chi connectivity index (χ0n) is 11.2. The Kier molecular flexibility index (Phi) is 7.01. The molecule has 3 nitrogen and oxygen atoms in total. The van der Waals surface area contributed by atoms with Gasteiger partial charge in [0, 0.05) is 19.2 Å². The lowest BCUT2D eigenvalue weighted by Crippen LogP contribution is -2.32. The number of nitrogens with one attached hydrogen (secondary N) is 1. The second kappa shape index (κ2) is 8.04. The van der Waals surface area contributed by atoms with E-state index < -0.39 is 0 Å². The third-order valence-corrected chi connectivity index (χ3v) is 3.16. The van der Waals surface area contributed by atoms with Gasteiger partial charge in [-0.05, 0) is 52.2 Å². The molecule has 0 aliphatic heterocycles. The summed E-state index contributed by atoms with van der Waals surface area (Å²) in [7, 11) is 2.18. The van der Waals surface area contributed by atoms with Crippen LogP contribution in [-0.2, 0) is 4.74 Å². The van der Waals surface area contributed by atoms with Crippen molar-refractivity contribution in [3.8, 4) is 0 Å². The summed E-state index contributed by atoms with van der Waals surface area (Å²) >= 11 is 0. The van der Waals surface area contributed by atoms with Crippen molar-refractivity contribution >= 4 is 0 Å². The fourth-order valence-corrected chi connectivity index (χ4v) is 1.73. The maximum atomic E-state index is 5.63. The Labute approximate surface area is 101 Å². The fourth-order valence-electron chi connectivity index (χ4n) is 1.73. The summed E-state index contributed by atoms with van der Waals surface area (Å²) in [5, 5.41) is 3.43. The van der Waals surface area contributed by atoms with Gasteiger partial charge in [0.1, 0.15) is 0 Å². The van der Waals surface area contributed by atoms with Crippen molar-refractivity contribution in [3.63, 3.8) is 0 Å². The van der Waals surface area contributed by atoms with Crippen molar-refractivity contribution < 1.29 is 4.74 Å². The van der Waals surface area contributed by atoms with Gasteiger partial charge in [-0.15, -0.1) is 0 Å². The van der Waals surface area contributed by atoms with Crippen LogP contribution in [0.4, 0.5) is 0 Å². The Morgan fingerprint density at radius 2 is 2.12 bits per heavy atom. The number of ether oxygens (including phenoxy) is 1. The molecule has 0 aromatic carbocycles. The quantitative estimate of drug-likeness (QED) is 0.576. The first-order chi connectivity index (χ1) is 7.72. The van der Waals surface area contributed by atoms with Crippen molar-refractivity contribution in [2.24, 2.45) is 5.92 Å². The standard InChI is InChI=1S/C13H28N2O/c1-4-14-12(2)7-8-15(3)9-10-16-11-13-5-6-13/h12-14H,4-11H2,1-3H3. The van der Waals surface area contributed by atoms with Crippen molar-refractivity contribution in [3.05, 3.63) is 0 Å². The zero-order chi connectivity index (χ0) is 11.8. The molecule has 1 saturated carbocycles. The highest BCUT2D eigenvalue weighted by atomic mass is 16.5. The van der Waals surface area contributed by atoms with Crippen LogP contribution >= 0.6 is 0 Å². The van der Waals surface area contributed by atoms with Crippen LogP contribution in [0.5, 0.6) is 0 Å². The average Bonchev–Trinajstić information content (AvgIpc) is 3.06. The van der Waals surface area contributed by atoms with E-state index in [9.17, 15) is 0 Å². The summed E-state index contributed by atoms with van der Waals surface area (Å²) in [5.41, 5.74) is 0. The van der Waals surface area contributed by atoms with E-state index in [0.29, 0.717) is 6.04 Å². The third kappa shape index (κ3) is 7.20. The first-order valence-corrected chi connectivity index (χ1v) is 6.72. The summed E-state index contributed by atoms with van der Waals surface area (Å²) in [4.78, 5) is 2.36. The van der Waals surface area contributed by atoms with Gasteiger partial charge in [0.2, 0.25) is 0 Å². The maximum Gasteiger partial charge on any atom is 0.0593 e. The molecule has 1 aliphatic rings. The maximum absolute atomic E-state index is 5.63. The van der Waals surface area contributed by atoms with E-state index in [4.69, 9.17) is 4.74 Å². The van der Waals surface area contributed by atoms with E-state index in [0.717, 1.165) is 38.8 Å². The zero-order valence-corrected chi connectivity index (χ0v) is 11.2. The van der Waals surface area contributed by atoms with Gasteiger partial charge >= 0.3 is 0 Å². The van der Waals surface area contributed by atoms with Gasteiger partial charge in [0.05, 0.1) is 6.61 Å². The molecular weight excluding hydrogens is 200 g/mol. The van der Waals surface area contributed by atoms with Gasteiger partial charge in [-0.25, -0.2) is 0 Å². The molecule has 0 aromatic rings. The third-order valence-electron chi connectivity index (χ3n) is 3.16. The summed E-state index contributed by atoms with van der Waals surface area (Å²) in [6.07, 6.45) is 3.99. The summed E-state index contributed by atoms with van der Waals surface area (Å²) in [6.45, 7) is 9.57. The van der Waals surface area contributed by atoms with Gasteiger partial charge < -0.3 is 15.0 Å². The molecule has 0 aromatic heterocycles. The van der Waals surface area contributed by atoms with Crippen molar-refractivity contribution in [2.75, 3.05) is 39.9 Å². The minimum atomic E-state index is 0.625. The number of likely N-dealkylation sites (N-methyl/N-ethyl adjacent to an activating group) is 1. The van der Waals surface area contributed by atoms with Crippen LogP contribution in [0.15, 0.2) is 0 Å². The molecule has 16 heavy (non-hydrogen) atoms. The van der Waals surface area contributed by atoms with E-state index in [1.165, 1.54) is 19.3 Å². The van der Waals surface area contributed by atoms with Gasteiger partial charge in [0.25, 0.3) is 0 Å². The molecule has 1 fully saturated rings. The number of rotatable bonds is 10. The van der Waals surface area contributed by atoms with Gasteiger partial charge in [-0.2, -0.15) is 0 Å². The van der Waals surface area contributed by atoms with Crippen LogP contribution in [0.3, 0.4) is 0 Å². The molecule has 1 aliphatic carbocycles. The molecule has 3 heteroatoms. The van der Waals surface area contributed by atoms with Crippen LogP contribution in [0.2, 0.25) is 0 Å². The normalized spacial score (nSPS) is 18.0. The molecule has 96 valence electrons. The molecular formula is C13H28N2O. The SMILES string of the molecule is CCNC(C)CCN(C)CCOCC1CC1. The van der Waals surface area contributed by atoms with Gasteiger partial charge in [0.15, 0.2) is 0 Å². The molecule has 0 saturated heterocycles. The molecule has 1 unspecified atom stereocenters. The smallest absolute Gasteiger partial charge is 0.0593 e. The van der Waals surface area contributed by atoms with Crippen LogP contribution in [0, 0.1) is 5.92 Å². The van der Waals surface area contributed by atoms with Crippen molar-refractivity contribution in [1.82, 2.24) is 10.2 Å². The topological polar surface area (TPSA) is 24.5 Å². The molecule has 0 spiro atoms. The van der Waals surface area contributed by atoms with Crippen LogP contribution in [0.25, 0.3) is 0 Å². The van der Waals surface area contributed by atoms with E-state index in [1.54, 1.807) is 0 Å². The van der Waals surface area contributed by atoms with Gasteiger partial charge in [-0.3, -0.25) is 0 Å². The van der Waals surface area contributed by atoms with E-state index in [2.05, 4.69) is 31.1 Å². The van der Waals surface area contributed by atoms with Crippen LogP contribution < -0.4 is 5.32 Å². The first-order valence-electron chi connectivity index (χ1n) is 6.72. The molecule has 1 N–H and O–H groups in total. The second-order valence-corrected chi connectivity index (χ2v) is 5.07. The first kappa shape index (κ1) is 13.9. The predicted molar refractivity (Wildman–Crippen MR) is 68.8 cm³/mol. The Bertz CT molecular complexity index is 171. The summed E-state index contributed by atoms with van der Waals surface area (Å²) < 4.78 is 5.63. The van der Waals surface area contributed by atoms with Crippen LogP contribution in [0.1, 0.15) is 33.1 Å². The predicted octanol–water partition coefficient (Wildman–Crippen LogP) is 1.73. The molecule has 1 rings (SSSR count). The lowest BCUT2D eigenvalue weighted by Gasteiger charge is -2.19. The highest BCUT2D eigenvalue weighted by Gasteiger charge is 2.20. The monoisotopic (exact) mass is 228 g/mol. The van der Waals surface area contributed by atoms with Crippen molar-refractivity contribution in [2.45, 2.75) is 39.2 Å². The lowest BCUT2D eigenvalue weighted by molar-refractivity contribution is 0.102. The van der Waals surface area contributed by atoms with Crippen molar-refractivity contribution in [1.29, 1.82) is 0 Å². The van der Waals surface area contributed by atoms with E-state index in [1.807, 2.05) is 0 Å². The molecule has 0 heterocycles. The molecule has 0 radical (unpaired) electrons. The largest absolute Gasteiger partial charge is 0.380 e. The minimum Gasteiger partial charge on any atom is -0.380 e. The van der Waals surface area contributed by atoms with E-state index in [-0.39, 0.29) is 0 Å². The lowest BCUT2D eigenvalue weighted by atomic mass is 10.2. The fraction of sp³-hybridized carbons (Fsp3) is 1.00. The Hall–Kier alpha value is -0.120. The number of hydrogen-bond acceptors (Lipinski definition) is 3. The molecule has 0 bridgehead atoms. The number of nitrogens with zero attached hydrogens (tertiary/aromatic N) is 1. The van der Waals surface area contributed by atoms with E-state index >= 15 is 0 Å². The summed E-state index contributed by atoms with van der Waals surface area (Å²) in [5.74, 6) is 0.888. The Morgan fingerprint density at radius 1 is 1.38 bits per heavy atom. The number of hydrogen-bond donors (Lipinski definition) is 1. The second-order valence-electron chi connectivity index (χ2n) is 5.07. The molecule has 0 amide bonds. The Balaban J connectivity index is 1.86. The highest BCUT2D eigenvalue weighted by molar-refractivity contribution is 4.72. The Morgan fingerprint density at radius 3 is 2.75 bits per heavy atom. The van der Waals surface area contributed by atoms with Crippen LogP contribution in [-0.4, -0.2) is 50.8 Å². The average molecular weight is 228 g/mol. The minimum absolute atomic E-state index is 0.625.